The molecule has 2 aromatic heterocycles. The lowest BCUT2D eigenvalue weighted by atomic mass is 10.1. The van der Waals surface area contributed by atoms with Crippen molar-refractivity contribution in [1.82, 2.24) is 24.9 Å². The molecule has 0 aliphatic carbocycles. The zero-order chi connectivity index (χ0) is 12.5. The van der Waals surface area contributed by atoms with E-state index in [1.54, 1.807) is 16.9 Å². The van der Waals surface area contributed by atoms with Crippen LogP contribution in [0.4, 0.5) is 0 Å². The molecule has 0 fully saturated rings. The molecule has 3 rings (SSSR count). The summed E-state index contributed by atoms with van der Waals surface area (Å²) in [6, 6.07) is 1.69. The smallest absolute Gasteiger partial charge is 0.267 e. The highest BCUT2D eigenvalue weighted by molar-refractivity contribution is 5.20. The van der Waals surface area contributed by atoms with Crippen LogP contribution < -0.4 is 10.9 Å². The first-order valence-corrected chi connectivity index (χ1v) is 6.00. The fourth-order valence-corrected chi connectivity index (χ4v) is 2.20. The zero-order valence-electron chi connectivity index (χ0n) is 10.3. The fourth-order valence-electron chi connectivity index (χ4n) is 2.20. The topological polar surface area (TPSA) is 64.7 Å². The van der Waals surface area contributed by atoms with E-state index in [1.165, 1.54) is 4.68 Å². The summed E-state index contributed by atoms with van der Waals surface area (Å²) in [5, 5.41) is 11.8. The molecule has 94 valence electrons. The van der Waals surface area contributed by atoms with E-state index in [0.29, 0.717) is 6.54 Å². The maximum absolute atomic E-state index is 11.9. The van der Waals surface area contributed by atoms with Gasteiger partial charge in [-0.2, -0.15) is 10.2 Å². The number of fused-ring (bicyclic) bond motifs is 1. The molecule has 1 aliphatic rings. The van der Waals surface area contributed by atoms with E-state index in [2.05, 4.69) is 15.5 Å². The Bertz CT molecular complexity index is 628. The number of hydrogen-bond acceptors (Lipinski definition) is 4. The second-order valence-electron chi connectivity index (χ2n) is 4.56. The van der Waals surface area contributed by atoms with Crippen molar-refractivity contribution in [2.75, 3.05) is 6.54 Å². The van der Waals surface area contributed by atoms with Gasteiger partial charge in [-0.05, 0) is 5.56 Å². The molecule has 6 heteroatoms. The molecule has 0 spiro atoms. The van der Waals surface area contributed by atoms with E-state index in [-0.39, 0.29) is 5.56 Å². The molecule has 1 aliphatic heterocycles. The Balaban J connectivity index is 1.94. The Morgan fingerprint density at radius 1 is 1.50 bits per heavy atom. The van der Waals surface area contributed by atoms with Gasteiger partial charge in [0.25, 0.3) is 5.56 Å². The molecule has 6 nitrogen and oxygen atoms in total. The van der Waals surface area contributed by atoms with Gasteiger partial charge in [0.15, 0.2) is 0 Å². The molecule has 3 heterocycles. The normalized spacial score (nSPS) is 14.5. The molecule has 2 aromatic rings. The van der Waals surface area contributed by atoms with Crippen LogP contribution in [0.15, 0.2) is 23.3 Å². The lowest BCUT2D eigenvalue weighted by Crippen LogP contribution is -2.31. The van der Waals surface area contributed by atoms with Gasteiger partial charge in [0.05, 0.1) is 18.4 Å². The first-order valence-electron chi connectivity index (χ1n) is 6.00. The number of rotatable bonds is 2. The number of hydrogen-bond donors (Lipinski definition) is 1. The molecule has 0 saturated heterocycles. The molecule has 0 aromatic carbocycles. The van der Waals surface area contributed by atoms with Gasteiger partial charge in [0.1, 0.15) is 0 Å². The Hall–Kier alpha value is -1.95. The van der Waals surface area contributed by atoms with Gasteiger partial charge in [-0.25, -0.2) is 4.68 Å². The molecular formula is C12H15N5O. The van der Waals surface area contributed by atoms with Crippen molar-refractivity contribution in [3.05, 3.63) is 45.6 Å². The molecule has 18 heavy (non-hydrogen) atoms. The van der Waals surface area contributed by atoms with Crippen molar-refractivity contribution in [2.24, 2.45) is 7.05 Å². The van der Waals surface area contributed by atoms with E-state index in [1.807, 2.05) is 13.2 Å². The predicted octanol–water partition coefficient (Wildman–Crippen LogP) is -0.329. The summed E-state index contributed by atoms with van der Waals surface area (Å²) in [5.74, 6) is 0. The van der Waals surface area contributed by atoms with Crippen molar-refractivity contribution in [2.45, 2.75) is 19.5 Å². The Morgan fingerprint density at radius 3 is 3.17 bits per heavy atom. The fraction of sp³-hybridized carbons (Fsp3) is 0.417. The molecule has 0 atom stereocenters. The largest absolute Gasteiger partial charge is 0.312 e. The second kappa shape index (κ2) is 4.38. The zero-order valence-corrected chi connectivity index (χ0v) is 10.3. The average molecular weight is 245 g/mol. The predicted molar refractivity (Wildman–Crippen MR) is 66.2 cm³/mol. The van der Waals surface area contributed by atoms with E-state index in [9.17, 15) is 4.79 Å². The average Bonchev–Trinajstić information content (AvgIpc) is 2.76. The van der Waals surface area contributed by atoms with Crippen LogP contribution in [0.5, 0.6) is 0 Å². The minimum absolute atomic E-state index is 0.0543. The Labute approximate surface area is 104 Å². The van der Waals surface area contributed by atoms with Crippen LogP contribution in [0.3, 0.4) is 0 Å². The van der Waals surface area contributed by atoms with Gasteiger partial charge in [-0.1, -0.05) is 0 Å². The molecule has 0 radical (unpaired) electrons. The van der Waals surface area contributed by atoms with Gasteiger partial charge in [0.2, 0.25) is 0 Å². The first kappa shape index (κ1) is 11.2. The molecular weight excluding hydrogens is 230 g/mol. The minimum atomic E-state index is -0.0543. The van der Waals surface area contributed by atoms with Crippen LogP contribution in [-0.4, -0.2) is 26.1 Å². The van der Waals surface area contributed by atoms with E-state index in [4.69, 9.17) is 0 Å². The first-order chi connectivity index (χ1) is 8.72. The van der Waals surface area contributed by atoms with Gasteiger partial charge in [-0.3, -0.25) is 9.48 Å². The van der Waals surface area contributed by atoms with Gasteiger partial charge in [0, 0.05) is 44.4 Å². The summed E-state index contributed by atoms with van der Waals surface area (Å²) in [5.41, 5.74) is 2.98. The molecule has 0 saturated carbocycles. The third kappa shape index (κ3) is 2.06. The maximum atomic E-state index is 11.9. The van der Waals surface area contributed by atoms with Crippen molar-refractivity contribution in [3.8, 4) is 0 Å². The monoisotopic (exact) mass is 245 g/mol. The molecule has 0 bridgehead atoms. The third-order valence-electron chi connectivity index (χ3n) is 3.11. The van der Waals surface area contributed by atoms with Crippen LogP contribution in [0.2, 0.25) is 0 Å². The van der Waals surface area contributed by atoms with Crippen molar-refractivity contribution in [1.29, 1.82) is 0 Å². The number of aromatic nitrogens is 4. The summed E-state index contributed by atoms with van der Waals surface area (Å²) < 4.78 is 3.24. The SMILES string of the molecule is Cn1cc(Cn2nc3c(cc2=O)CNCC3)cn1. The van der Waals surface area contributed by atoms with E-state index in [0.717, 1.165) is 36.3 Å². The number of aryl methyl sites for hydroxylation is 1. The van der Waals surface area contributed by atoms with Crippen molar-refractivity contribution in [3.63, 3.8) is 0 Å². The standard InChI is InChI=1S/C12H15N5O/c1-16-7-9(5-14-16)8-17-12(18)4-10-6-13-3-2-11(10)15-17/h4-5,7,13H,2-3,6,8H2,1H3. The highest BCUT2D eigenvalue weighted by atomic mass is 16.1. The highest BCUT2D eigenvalue weighted by Crippen LogP contribution is 2.08. The van der Waals surface area contributed by atoms with Crippen LogP contribution >= 0.6 is 0 Å². The maximum Gasteiger partial charge on any atom is 0.267 e. The summed E-state index contributed by atoms with van der Waals surface area (Å²) in [6.07, 6.45) is 4.53. The summed E-state index contributed by atoms with van der Waals surface area (Å²) in [7, 11) is 1.86. The van der Waals surface area contributed by atoms with Crippen LogP contribution in [0.25, 0.3) is 0 Å². The lowest BCUT2D eigenvalue weighted by molar-refractivity contribution is 0.562. The van der Waals surface area contributed by atoms with E-state index >= 15 is 0 Å². The van der Waals surface area contributed by atoms with Gasteiger partial charge in [-0.15, -0.1) is 0 Å². The minimum Gasteiger partial charge on any atom is -0.312 e. The number of nitrogens with one attached hydrogen (secondary N) is 1. The van der Waals surface area contributed by atoms with Crippen LogP contribution in [-0.2, 0) is 26.6 Å². The quantitative estimate of drug-likeness (QED) is 0.787. The molecule has 1 N–H and O–H groups in total. The van der Waals surface area contributed by atoms with Crippen molar-refractivity contribution < 1.29 is 0 Å². The molecule has 0 unspecified atom stereocenters. The van der Waals surface area contributed by atoms with Crippen LogP contribution in [0.1, 0.15) is 16.8 Å². The van der Waals surface area contributed by atoms with Crippen LogP contribution in [0, 0.1) is 0 Å². The Morgan fingerprint density at radius 2 is 2.39 bits per heavy atom. The molecule has 0 amide bonds. The summed E-state index contributed by atoms with van der Waals surface area (Å²) >= 11 is 0. The Kier molecular flexibility index (Phi) is 2.71. The second-order valence-corrected chi connectivity index (χ2v) is 4.56. The van der Waals surface area contributed by atoms with Gasteiger partial charge >= 0.3 is 0 Å². The summed E-state index contributed by atoms with van der Waals surface area (Å²) in [6.45, 7) is 2.14. The van der Waals surface area contributed by atoms with Gasteiger partial charge < -0.3 is 5.32 Å². The summed E-state index contributed by atoms with van der Waals surface area (Å²) in [4.78, 5) is 11.9. The van der Waals surface area contributed by atoms with Crippen molar-refractivity contribution >= 4 is 0 Å². The lowest BCUT2D eigenvalue weighted by Gasteiger charge is -2.16. The third-order valence-corrected chi connectivity index (χ3v) is 3.11. The number of nitrogens with zero attached hydrogens (tertiary/aromatic N) is 4. The van der Waals surface area contributed by atoms with E-state index < -0.39 is 0 Å². The highest BCUT2D eigenvalue weighted by Gasteiger charge is 2.13.